The molecule has 1 fully saturated rings. The molecule has 4 heteroatoms. The third kappa shape index (κ3) is 2.90. The van der Waals surface area contributed by atoms with E-state index in [-0.39, 0.29) is 0 Å². The number of pyridine rings is 1. The lowest BCUT2D eigenvalue weighted by Gasteiger charge is -2.22. The summed E-state index contributed by atoms with van der Waals surface area (Å²) in [5.41, 5.74) is 3.46. The molecule has 0 bridgehead atoms. The van der Waals surface area contributed by atoms with Crippen molar-refractivity contribution in [2.75, 3.05) is 13.1 Å². The van der Waals surface area contributed by atoms with E-state index in [2.05, 4.69) is 34.5 Å². The molecule has 0 amide bonds. The summed E-state index contributed by atoms with van der Waals surface area (Å²) in [6, 6.07) is 6.37. The zero-order valence-electron chi connectivity index (χ0n) is 12.0. The average molecular weight is 270 g/mol. The molecule has 0 spiro atoms. The average Bonchev–Trinajstić information content (AvgIpc) is 2.98. The van der Waals surface area contributed by atoms with Crippen LogP contribution in [0.5, 0.6) is 0 Å². The Morgan fingerprint density at radius 2 is 2.10 bits per heavy atom. The zero-order valence-corrected chi connectivity index (χ0v) is 12.0. The SMILES string of the molecule is CCn1nccc1-c1ccc(CC2CCNCC2)cn1. The molecule has 1 aliphatic rings. The summed E-state index contributed by atoms with van der Waals surface area (Å²) in [7, 11) is 0. The molecule has 1 aliphatic heterocycles. The second-order valence-electron chi connectivity index (χ2n) is 5.48. The van der Waals surface area contributed by atoms with Gasteiger partial charge in [0.1, 0.15) is 0 Å². The van der Waals surface area contributed by atoms with Crippen LogP contribution in [0.15, 0.2) is 30.6 Å². The van der Waals surface area contributed by atoms with Crippen molar-refractivity contribution < 1.29 is 0 Å². The molecule has 2 aromatic rings. The number of aryl methyl sites for hydroxylation is 1. The highest BCUT2D eigenvalue weighted by Gasteiger charge is 2.14. The van der Waals surface area contributed by atoms with E-state index in [4.69, 9.17) is 0 Å². The number of rotatable bonds is 4. The van der Waals surface area contributed by atoms with Crippen molar-refractivity contribution in [3.8, 4) is 11.4 Å². The maximum absolute atomic E-state index is 4.62. The summed E-state index contributed by atoms with van der Waals surface area (Å²) < 4.78 is 1.98. The van der Waals surface area contributed by atoms with E-state index in [0.29, 0.717) is 0 Å². The lowest BCUT2D eigenvalue weighted by Crippen LogP contribution is -2.28. The van der Waals surface area contributed by atoms with E-state index >= 15 is 0 Å². The van der Waals surface area contributed by atoms with E-state index < -0.39 is 0 Å². The predicted octanol–water partition coefficient (Wildman–Crippen LogP) is 2.51. The fourth-order valence-electron chi connectivity index (χ4n) is 2.92. The zero-order chi connectivity index (χ0) is 13.8. The molecular formula is C16H22N4. The molecule has 0 unspecified atom stereocenters. The Balaban J connectivity index is 1.71. The molecule has 3 rings (SSSR count). The van der Waals surface area contributed by atoms with Gasteiger partial charge in [-0.1, -0.05) is 6.07 Å². The van der Waals surface area contributed by atoms with Crippen LogP contribution < -0.4 is 5.32 Å². The highest BCUT2D eigenvalue weighted by atomic mass is 15.3. The van der Waals surface area contributed by atoms with Crippen LogP contribution in [0.3, 0.4) is 0 Å². The summed E-state index contributed by atoms with van der Waals surface area (Å²) in [6.45, 7) is 5.29. The van der Waals surface area contributed by atoms with Crippen molar-refractivity contribution in [2.24, 2.45) is 5.92 Å². The molecule has 106 valence electrons. The Morgan fingerprint density at radius 3 is 2.80 bits per heavy atom. The second kappa shape index (κ2) is 6.18. The van der Waals surface area contributed by atoms with Crippen LogP contribution in [0.1, 0.15) is 25.3 Å². The van der Waals surface area contributed by atoms with Crippen LogP contribution in [0, 0.1) is 5.92 Å². The minimum Gasteiger partial charge on any atom is -0.317 e. The molecule has 0 aromatic carbocycles. The van der Waals surface area contributed by atoms with Gasteiger partial charge in [-0.3, -0.25) is 9.67 Å². The Kier molecular flexibility index (Phi) is 4.11. The fourth-order valence-corrected chi connectivity index (χ4v) is 2.92. The number of hydrogen-bond donors (Lipinski definition) is 1. The summed E-state index contributed by atoms with van der Waals surface area (Å²) in [5.74, 6) is 0.810. The maximum atomic E-state index is 4.62. The van der Waals surface area contributed by atoms with Crippen LogP contribution in [-0.4, -0.2) is 27.9 Å². The standard InChI is InChI=1S/C16H22N4/c1-2-20-16(7-10-19-20)15-4-3-14(12-18-15)11-13-5-8-17-9-6-13/h3-4,7,10,12-13,17H,2,5-6,8-9,11H2,1H3. The van der Waals surface area contributed by atoms with Gasteiger partial charge < -0.3 is 5.32 Å². The molecule has 1 saturated heterocycles. The minimum absolute atomic E-state index is 0.810. The normalized spacial score (nSPS) is 16.4. The Bertz CT molecular complexity index is 538. The van der Waals surface area contributed by atoms with Crippen LogP contribution in [-0.2, 0) is 13.0 Å². The summed E-state index contributed by atoms with van der Waals surface area (Å²) in [4.78, 5) is 4.62. The van der Waals surface area contributed by atoms with Gasteiger partial charge in [0.05, 0.1) is 11.4 Å². The van der Waals surface area contributed by atoms with Gasteiger partial charge in [0, 0.05) is 18.9 Å². The third-order valence-electron chi connectivity index (χ3n) is 4.09. The molecule has 3 heterocycles. The van der Waals surface area contributed by atoms with Gasteiger partial charge in [-0.25, -0.2) is 0 Å². The van der Waals surface area contributed by atoms with Crippen molar-refractivity contribution in [3.05, 3.63) is 36.2 Å². The number of hydrogen-bond acceptors (Lipinski definition) is 3. The first-order valence-electron chi connectivity index (χ1n) is 7.54. The first kappa shape index (κ1) is 13.3. The van der Waals surface area contributed by atoms with E-state index in [0.717, 1.165) is 43.4 Å². The second-order valence-corrected chi connectivity index (χ2v) is 5.48. The van der Waals surface area contributed by atoms with Gasteiger partial charge in [0.15, 0.2) is 0 Å². The van der Waals surface area contributed by atoms with Crippen LogP contribution in [0.2, 0.25) is 0 Å². The first-order chi connectivity index (χ1) is 9.86. The summed E-state index contributed by atoms with van der Waals surface area (Å²) in [6.07, 6.45) is 7.59. The van der Waals surface area contributed by atoms with Gasteiger partial charge in [-0.2, -0.15) is 5.10 Å². The van der Waals surface area contributed by atoms with Crippen molar-refractivity contribution in [2.45, 2.75) is 32.7 Å². The van der Waals surface area contributed by atoms with E-state index in [1.807, 2.05) is 23.1 Å². The van der Waals surface area contributed by atoms with E-state index in [9.17, 15) is 0 Å². The summed E-state index contributed by atoms with van der Waals surface area (Å²) in [5, 5.41) is 7.71. The third-order valence-corrected chi connectivity index (χ3v) is 4.09. The van der Waals surface area contributed by atoms with Gasteiger partial charge in [-0.15, -0.1) is 0 Å². The van der Waals surface area contributed by atoms with Crippen molar-refractivity contribution in [1.82, 2.24) is 20.1 Å². The minimum atomic E-state index is 0.810. The number of nitrogens with one attached hydrogen (secondary N) is 1. The lowest BCUT2D eigenvalue weighted by molar-refractivity contribution is 0.372. The predicted molar refractivity (Wildman–Crippen MR) is 80.4 cm³/mol. The smallest absolute Gasteiger partial charge is 0.0883 e. The van der Waals surface area contributed by atoms with E-state index in [1.54, 1.807) is 0 Å². The number of nitrogens with zero attached hydrogens (tertiary/aromatic N) is 3. The Morgan fingerprint density at radius 1 is 1.25 bits per heavy atom. The first-order valence-corrected chi connectivity index (χ1v) is 7.54. The van der Waals surface area contributed by atoms with Gasteiger partial charge in [0.2, 0.25) is 0 Å². The molecule has 0 radical (unpaired) electrons. The highest BCUT2D eigenvalue weighted by Crippen LogP contribution is 2.20. The largest absolute Gasteiger partial charge is 0.317 e. The number of piperidine rings is 1. The molecule has 4 nitrogen and oxygen atoms in total. The van der Waals surface area contributed by atoms with Crippen LogP contribution in [0.25, 0.3) is 11.4 Å². The quantitative estimate of drug-likeness (QED) is 0.928. The van der Waals surface area contributed by atoms with Crippen LogP contribution >= 0.6 is 0 Å². The van der Waals surface area contributed by atoms with E-state index in [1.165, 1.54) is 18.4 Å². The van der Waals surface area contributed by atoms with Gasteiger partial charge in [0.25, 0.3) is 0 Å². The molecule has 0 atom stereocenters. The molecular weight excluding hydrogens is 248 g/mol. The Labute approximate surface area is 120 Å². The molecule has 2 aromatic heterocycles. The van der Waals surface area contributed by atoms with Crippen molar-refractivity contribution >= 4 is 0 Å². The maximum Gasteiger partial charge on any atom is 0.0883 e. The fraction of sp³-hybridized carbons (Fsp3) is 0.500. The number of aromatic nitrogens is 3. The highest BCUT2D eigenvalue weighted by molar-refractivity contribution is 5.54. The molecule has 20 heavy (non-hydrogen) atoms. The molecule has 0 saturated carbocycles. The van der Waals surface area contributed by atoms with Crippen molar-refractivity contribution in [1.29, 1.82) is 0 Å². The summed E-state index contributed by atoms with van der Waals surface area (Å²) >= 11 is 0. The van der Waals surface area contributed by atoms with Crippen molar-refractivity contribution in [3.63, 3.8) is 0 Å². The monoisotopic (exact) mass is 270 g/mol. The lowest BCUT2D eigenvalue weighted by atomic mass is 9.91. The Hall–Kier alpha value is -1.68. The molecule has 1 N–H and O–H groups in total. The molecule has 0 aliphatic carbocycles. The van der Waals surface area contributed by atoms with Gasteiger partial charge >= 0.3 is 0 Å². The topological polar surface area (TPSA) is 42.7 Å². The van der Waals surface area contributed by atoms with Gasteiger partial charge in [-0.05, 0) is 62.9 Å². The van der Waals surface area contributed by atoms with Crippen LogP contribution in [0.4, 0.5) is 0 Å².